The van der Waals surface area contributed by atoms with E-state index in [4.69, 9.17) is 0 Å². The van der Waals surface area contributed by atoms with Gasteiger partial charge < -0.3 is 4.80 Å². The van der Waals surface area contributed by atoms with Crippen LogP contribution in [-0.4, -0.2) is 14.6 Å². The lowest BCUT2D eigenvalue weighted by Gasteiger charge is -2.08. The summed E-state index contributed by atoms with van der Waals surface area (Å²) in [5.74, 6) is 0.673. The predicted molar refractivity (Wildman–Crippen MR) is 55.4 cm³/mol. The number of hydrogen-bond acceptors (Lipinski definition) is 1. The van der Waals surface area contributed by atoms with Crippen molar-refractivity contribution in [2.75, 3.05) is 0 Å². The van der Waals surface area contributed by atoms with Crippen LogP contribution in [0.2, 0.25) is 0 Å². The molecule has 66 valence electrons. The highest BCUT2D eigenvalue weighted by molar-refractivity contribution is 6.46. The molecule has 2 heteroatoms. The summed E-state index contributed by atoms with van der Waals surface area (Å²) < 4.78 is 0. The van der Waals surface area contributed by atoms with Gasteiger partial charge in [0.25, 0.3) is 0 Å². The van der Waals surface area contributed by atoms with Crippen LogP contribution in [-0.2, 0) is 6.42 Å². The Balaban J connectivity index is 2.82. The molecule has 0 saturated carbocycles. The highest BCUT2D eigenvalue weighted by Crippen LogP contribution is 2.04. The molecule has 1 nitrogen and oxygen atoms in total. The van der Waals surface area contributed by atoms with Crippen molar-refractivity contribution in [2.24, 2.45) is 5.92 Å². The van der Waals surface area contributed by atoms with E-state index in [1.165, 1.54) is 10.8 Å². The van der Waals surface area contributed by atoms with Crippen molar-refractivity contribution >= 4 is 14.9 Å². The molecule has 0 aliphatic rings. The van der Waals surface area contributed by atoms with E-state index in [-0.39, 0.29) is 0 Å². The van der Waals surface area contributed by atoms with Gasteiger partial charge in [0.2, 0.25) is 0 Å². The Morgan fingerprint density at radius 1 is 1.33 bits per heavy atom. The molecular weight excluding hydrogens is 164 g/mol. The van der Waals surface area contributed by atoms with Gasteiger partial charge in [0.1, 0.15) is 0 Å². The molecule has 0 aliphatic carbocycles. The molecule has 12 heavy (non-hydrogen) atoms. The third kappa shape index (κ3) is 2.46. The molecule has 0 heterocycles. The number of benzene rings is 1. The maximum atomic E-state index is 9.17. The molecule has 1 aromatic carbocycles. The van der Waals surface area contributed by atoms with Crippen molar-refractivity contribution < 1.29 is 4.80 Å². The summed E-state index contributed by atoms with van der Waals surface area (Å²) >= 11 is 0. The number of hydrogen-bond donors (Lipinski definition) is 1. The molecule has 0 aliphatic heterocycles. The predicted octanol–water partition coefficient (Wildman–Crippen LogP) is 0.586. The first-order valence-electron chi connectivity index (χ1n) is 4.41. The maximum Gasteiger partial charge on any atom is 0.188 e. The highest BCUT2D eigenvalue weighted by Gasteiger charge is 2.02. The van der Waals surface area contributed by atoms with E-state index in [2.05, 4.69) is 19.9 Å². The molecular formula is C10H16OSi. The van der Waals surface area contributed by atoms with Crippen molar-refractivity contribution in [1.29, 1.82) is 0 Å². The first kappa shape index (κ1) is 9.48. The Kier molecular flexibility index (Phi) is 3.50. The smallest absolute Gasteiger partial charge is 0.188 e. The quantitative estimate of drug-likeness (QED) is 0.675. The van der Waals surface area contributed by atoms with Gasteiger partial charge >= 0.3 is 0 Å². The molecule has 1 N–H and O–H groups in total. The fourth-order valence-corrected chi connectivity index (χ4v) is 2.06. The van der Waals surface area contributed by atoms with Crippen molar-refractivity contribution in [3.8, 4) is 0 Å². The molecule has 0 fully saturated rings. The Bertz CT molecular complexity index is 245. The van der Waals surface area contributed by atoms with Crippen LogP contribution in [0, 0.1) is 5.92 Å². The third-order valence-corrected chi connectivity index (χ3v) is 2.95. The minimum absolute atomic E-state index is 0.673. The van der Waals surface area contributed by atoms with Gasteiger partial charge in [0.05, 0.1) is 0 Å². The summed E-state index contributed by atoms with van der Waals surface area (Å²) in [6.07, 6.45) is 1.09. The Morgan fingerprint density at radius 3 is 2.58 bits per heavy atom. The zero-order valence-electron chi connectivity index (χ0n) is 7.75. The topological polar surface area (TPSA) is 20.2 Å². The van der Waals surface area contributed by atoms with E-state index >= 15 is 0 Å². The fourth-order valence-electron chi connectivity index (χ4n) is 1.35. The molecule has 1 aromatic rings. The van der Waals surface area contributed by atoms with Crippen LogP contribution in [0.15, 0.2) is 24.3 Å². The van der Waals surface area contributed by atoms with E-state index in [0.717, 1.165) is 6.42 Å². The maximum absolute atomic E-state index is 9.17. The van der Waals surface area contributed by atoms with E-state index < -0.39 is 9.76 Å². The minimum Gasteiger partial charge on any atom is -0.433 e. The molecule has 0 bridgehead atoms. The molecule has 0 unspecified atom stereocenters. The first-order valence-corrected chi connectivity index (χ1v) is 5.75. The average molecular weight is 180 g/mol. The Morgan fingerprint density at radius 2 is 2.00 bits per heavy atom. The SMILES string of the molecule is CC(C)Cc1ccccc1[SiH2]O. The molecule has 0 amide bonds. The molecule has 0 saturated heterocycles. The van der Waals surface area contributed by atoms with Gasteiger partial charge in [-0.05, 0) is 23.1 Å². The average Bonchev–Trinajstić information content (AvgIpc) is 2.04. The van der Waals surface area contributed by atoms with Crippen LogP contribution < -0.4 is 5.19 Å². The number of rotatable bonds is 3. The lowest BCUT2D eigenvalue weighted by molar-refractivity contribution is 0.612. The second kappa shape index (κ2) is 4.43. The summed E-state index contributed by atoms with van der Waals surface area (Å²) in [6, 6.07) is 8.22. The highest BCUT2D eigenvalue weighted by atomic mass is 28.2. The molecule has 0 spiro atoms. The van der Waals surface area contributed by atoms with E-state index in [1.54, 1.807) is 0 Å². The van der Waals surface area contributed by atoms with E-state index in [1.807, 2.05) is 18.2 Å². The van der Waals surface area contributed by atoms with Crippen molar-refractivity contribution in [2.45, 2.75) is 20.3 Å². The Hall–Kier alpha value is -0.603. The third-order valence-electron chi connectivity index (χ3n) is 1.92. The Labute approximate surface area is 76.4 Å². The van der Waals surface area contributed by atoms with Crippen LogP contribution in [0.3, 0.4) is 0 Å². The summed E-state index contributed by atoms with van der Waals surface area (Å²) in [7, 11) is -0.981. The van der Waals surface area contributed by atoms with Gasteiger partial charge in [0, 0.05) is 0 Å². The lowest BCUT2D eigenvalue weighted by atomic mass is 10.0. The normalized spacial score (nSPS) is 11.7. The van der Waals surface area contributed by atoms with Gasteiger partial charge in [-0.25, -0.2) is 0 Å². The van der Waals surface area contributed by atoms with Crippen molar-refractivity contribution in [3.63, 3.8) is 0 Å². The van der Waals surface area contributed by atoms with Crippen LogP contribution in [0.4, 0.5) is 0 Å². The summed E-state index contributed by atoms with van der Waals surface area (Å²) in [6.45, 7) is 4.41. The second-order valence-corrected chi connectivity index (χ2v) is 4.60. The van der Waals surface area contributed by atoms with Crippen molar-refractivity contribution in [3.05, 3.63) is 29.8 Å². The summed E-state index contributed by atoms with van der Waals surface area (Å²) in [5, 5.41) is 1.20. The summed E-state index contributed by atoms with van der Waals surface area (Å²) in [5.41, 5.74) is 1.33. The fraction of sp³-hybridized carbons (Fsp3) is 0.400. The standard InChI is InChI=1S/C10H16OSi/c1-8(2)7-9-5-3-4-6-10(9)12-11/h3-6,8,11H,7,12H2,1-2H3. The molecule has 0 radical (unpaired) electrons. The zero-order chi connectivity index (χ0) is 8.97. The van der Waals surface area contributed by atoms with Crippen LogP contribution in [0.1, 0.15) is 19.4 Å². The van der Waals surface area contributed by atoms with Gasteiger partial charge in [-0.15, -0.1) is 0 Å². The van der Waals surface area contributed by atoms with Crippen LogP contribution >= 0.6 is 0 Å². The monoisotopic (exact) mass is 180 g/mol. The van der Waals surface area contributed by atoms with Gasteiger partial charge in [-0.3, -0.25) is 0 Å². The lowest BCUT2D eigenvalue weighted by Crippen LogP contribution is -2.19. The second-order valence-electron chi connectivity index (χ2n) is 3.52. The van der Waals surface area contributed by atoms with Crippen LogP contribution in [0.25, 0.3) is 0 Å². The van der Waals surface area contributed by atoms with E-state index in [0.29, 0.717) is 5.92 Å². The van der Waals surface area contributed by atoms with E-state index in [9.17, 15) is 4.80 Å². The van der Waals surface area contributed by atoms with Gasteiger partial charge in [-0.1, -0.05) is 38.1 Å². The van der Waals surface area contributed by atoms with Crippen LogP contribution in [0.5, 0.6) is 0 Å². The summed E-state index contributed by atoms with van der Waals surface area (Å²) in [4.78, 5) is 9.17. The first-order chi connectivity index (χ1) is 5.74. The van der Waals surface area contributed by atoms with Gasteiger partial charge in [-0.2, -0.15) is 0 Å². The van der Waals surface area contributed by atoms with Gasteiger partial charge in [0.15, 0.2) is 9.76 Å². The zero-order valence-corrected chi connectivity index (χ0v) is 9.16. The minimum atomic E-state index is -0.981. The van der Waals surface area contributed by atoms with Crippen molar-refractivity contribution in [1.82, 2.24) is 0 Å². The largest absolute Gasteiger partial charge is 0.433 e. The molecule has 1 rings (SSSR count). The molecule has 0 aromatic heterocycles. The molecule has 0 atom stereocenters.